The molecule has 1 saturated heterocycles. The SMILES string of the molecule is O=C(OCc1ccccc1F)N1CCO[C@H](c2nc3ncncc3[nH]2)C1. The quantitative estimate of drug-likeness (QED) is 0.772. The van der Waals surface area contributed by atoms with Gasteiger partial charge in [-0.15, -0.1) is 0 Å². The zero-order valence-corrected chi connectivity index (χ0v) is 13.8. The summed E-state index contributed by atoms with van der Waals surface area (Å²) in [5.41, 5.74) is 1.57. The molecule has 0 radical (unpaired) electrons. The molecule has 4 rings (SSSR count). The molecule has 1 aliphatic heterocycles. The number of carbonyl (C=O) groups is 1. The van der Waals surface area contributed by atoms with Crippen LogP contribution in [0.15, 0.2) is 36.8 Å². The molecule has 2 aromatic heterocycles. The average Bonchev–Trinajstić information content (AvgIpc) is 3.11. The number of halogens is 1. The molecule has 1 atom stereocenters. The van der Waals surface area contributed by atoms with Crippen molar-refractivity contribution in [2.45, 2.75) is 12.7 Å². The summed E-state index contributed by atoms with van der Waals surface area (Å²) in [6.45, 7) is 0.909. The van der Waals surface area contributed by atoms with Gasteiger partial charge in [0.1, 0.15) is 36.2 Å². The highest BCUT2D eigenvalue weighted by atomic mass is 19.1. The van der Waals surface area contributed by atoms with E-state index in [0.717, 1.165) is 0 Å². The molecule has 9 heteroatoms. The number of amides is 1. The van der Waals surface area contributed by atoms with Crippen molar-refractivity contribution in [3.05, 3.63) is 54.0 Å². The fourth-order valence-electron chi connectivity index (χ4n) is 2.76. The van der Waals surface area contributed by atoms with E-state index in [1.165, 1.54) is 17.3 Å². The maximum absolute atomic E-state index is 13.6. The van der Waals surface area contributed by atoms with Crippen LogP contribution < -0.4 is 0 Å². The van der Waals surface area contributed by atoms with Crippen molar-refractivity contribution < 1.29 is 18.7 Å². The summed E-state index contributed by atoms with van der Waals surface area (Å²) >= 11 is 0. The van der Waals surface area contributed by atoms with Gasteiger partial charge in [0.25, 0.3) is 0 Å². The van der Waals surface area contributed by atoms with Crippen LogP contribution in [-0.2, 0) is 16.1 Å². The number of fused-ring (bicyclic) bond motifs is 1. The van der Waals surface area contributed by atoms with Gasteiger partial charge in [0.15, 0.2) is 5.65 Å². The highest BCUT2D eigenvalue weighted by Gasteiger charge is 2.28. The first-order valence-corrected chi connectivity index (χ1v) is 8.13. The Morgan fingerprint density at radius 1 is 1.42 bits per heavy atom. The van der Waals surface area contributed by atoms with Crippen LogP contribution in [0.5, 0.6) is 0 Å². The van der Waals surface area contributed by atoms with Crippen LogP contribution in [0, 0.1) is 5.82 Å². The fourth-order valence-corrected chi connectivity index (χ4v) is 2.76. The first kappa shape index (κ1) is 16.4. The van der Waals surface area contributed by atoms with Gasteiger partial charge in [-0.3, -0.25) is 0 Å². The number of ether oxygens (including phenoxy) is 2. The molecule has 1 fully saturated rings. The summed E-state index contributed by atoms with van der Waals surface area (Å²) in [6.07, 6.45) is 2.11. The lowest BCUT2D eigenvalue weighted by molar-refractivity contribution is -0.0330. The Kier molecular flexibility index (Phi) is 4.44. The lowest BCUT2D eigenvalue weighted by atomic mass is 10.2. The number of nitrogens with zero attached hydrogens (tertiary/aromatic N) is 4. The lowest BCUT2D eigenvalue weighted by Gasteiger charge is -2.31. The standard InChI is InChI=1S/C17H16FN5O3/c18-12-4-2-1-3-11(12)9-26-17(24)23-5-6-25-14(8-23)16-21-13-7-19-10-20-15(13)22-16/h1-4,7,10,14H,5-6,8-9H2,(H,19,20,21,22)/t14-/m0/s1. The van der Waals surface area contributed by atoms with E-state index in [-0.39, 0.29) is 13.2 Å². The van der Waals surface area contributed by atoms with Gasteiger partial charge in [-0.2, -0.15) is 0 Å². The van der Waals surface area contributed by atoms with Gasteiger partial charge in [0, 0.05) is 12.1 Å². The van der Waals surface area contributed by atoms with Crippen molar-refractivity contribution >= 4 is 17.3 Å². The third kappa shape index (κ3) is 3.33. The highest BCUT2D eigenvalue weighted by Crippen LogP contribution is 2.22. The number of aromatic amines is 1. The number of morpholine rings is 1. The van der Waals surface area contributed by atoms with Gasteiger partial charge in [-0.25, -0.2) is 24.1 Å². The number of benzene rings is 1. The normalized spacial score (nSPS) is 17.4. The zero-order chi connectivity index (χ0) is 17.9. The maximum atomic E-state index is 13.6. The number of aromatic nitrogens is 4. The third-order valence-corrected chi connectivity index (χ3v) is 4.12. The second kappa shape index (κ2) is 7.04. The van der Waals surface area contributed by atoms with Crippen LogP contribution >= 0.6 is 0 Å². The number of carbonyl (C=O) groups excluding carboxylic acids is 1. The smallest absolute Gasteiger partial charge is 0.410 e. The molecule has 0 spiro atoms. The summed E-state index contributed by atoms with van der Waals surface area (Å²) in [5.74, 6) is 0.177. The topological polar surface area (TPSA) is 93.2 Å². The Labute approximate surface area is 148 Å². The number of imidazole rings is 1. The number of nitrogens with one attached hydrogen (secondary N) is 1. The van der Waals surface area contributed by atoms with Crippen molar-refractivity contribution in [1.82, 2.24) is 24.8 Å². The van der Waals surface area contributed by atoms with Crippen molar-refractivity contribution in [3.63, 3.8) is 0 Å². The number of rotatable bonds is 3. The maximum Gasteiger partial charge on any atom is 0.410 e. The molecule has 3 aromatic rings. The van der Waals surface area contributed by atoms with Gasteiger partial charge >= 0.3 is 6.09 Å². The number of hydrogen-bond acceptors (Lipinski definition) is 6. The van der Waals surface area contributed by atoms with Gasteiger partial charge in [0.2, 0.25) is 0 Å². The van der Waals surface area contributed by atoms with E-state index < -0.39 is 18.0 Å². The first-order valence-electron chi connectivity index (χ1n) is 8.13. The van der Waals surface area contributed by atoms with Crippen molar-refractivity contribution in [2.75, 3.05) is 19.7 Å². The van der Waals surface area contributed by atoms with E-state index >= 15 is 0 Å². The van der Waals surface area contributed by atoms with Gasteiger partial charge in [-0.1, -0.05) is 18.2 Å². The summed E-state index contributed by atoms with van der Waals surface area (Å²) in [4.78, 5) is 29.3. The molecule has 1 amide bonds. The Balaban J connectivity index is 1.41. The second-order valence-corrected chi connectivity index (χ2v) is 5.83. The van der Waals surface area contributed by atoms with Crippen LogP contribution in [0.3, 0.4) is 0 Å². The first-order chi connectivity index (χ1) is 12.7. The molecule has 3 heterocycles. The van der Waals surface area contributed by atoms with Gasteiger partial charge < -0.3 is 19.4 Å². The molecule has 26 heavy (non-hydrogen) atoms. The average molecular weight is 357 g/mol. The Bertz CT molecular complexity index is 898. The fraction of sp³-hybridized carbons (Fsp3) is 0.294. The van der Waals surface area contributed by atoms with Crippen molar-refractivity contribution in [1.29, 1.82) is 0 Å². The molecule has 0 aliphatic carbocycles. The minimum atomic E-state index is -0.516. The number of H-pyrrole nitrogens is 1. The van der Waals surface area contributed by atoms with Crippen molar-refractivity contribution in [2.24, 2.45) is 0 Å². The third-order valence-electron chi connectivity index (χ3n) is 4.12. The van der Waals surface area contributed by atoms with Gasteiger partial charge in [-0.05, 0) is 6.07 Å². The van der Waals surface area contributed by atoms with Crippen LogP contribution in [-0.4, -0.2) is 50.6 Å². The molecular weight excluding hydrogens is 341 g/mol. The second-order valence-electron chi connectivity index (χ2n) is 5.83. The molecule has 0 bridgehead atoms. The summed E-state index contributed by atoms with van der Waals surface area (Å²) in [5, 5.41) is 0. The largest absolute Gasteiger partial charge is 0.444 e. The molecular formula is C17H16FN5O3. The summed E-state index contributed by atoms with van der Waals surface area (Å²) in [6, 6.07) is 6.20. The van der Waals surface area contributed by atoms with E-state index in [0.29, 0.717) is 35.7 Å². The highest BCUT2D eigenvalue weighted by molar-refractivity contribution is 5.69. The van der Waals surface area contributed by atoms with Crippen molar-refractivity contribution in [3.8, 4) is 0 Å². The molecule has 0 unspecified atom stereocenters. The molecule has 0 saturated carbocycles. The molecule has 1 aliphatic rings. The monoisotopic (exact) mass is 357 g/mol. The van der Waals surface area contributed by atoms with E-state index in [1.54, 1.807) is 24.4 Å². The van der Waals surface area contributed by atoms with E-state index in [1.807, 2.05) is 0 Å². The Morgan fingerprint density at radius 2 is 2.31 bits per heavy atom. The summed E-state index contributed by atoms with van der Waals surface area (Å²) in [7, 11) is 0. The Hall–Kier alpha value is -3.07. The predicted octanol–water partition coefficient (Wildman–Crippen LogP) is 2.20. The van der Waals surface area contributed by atoms with E-state index in [9.17, 15) is 9.18 Å². The van der Waals surface area contributed by atoms with Crippen LogP contribution in [0.4, 0.5) is 9.18 Å². The zero-order valence-electron chi connectivity index (χ0n) is 13.8. The minimum Gasteiger partial charge on any atom is -0.444 e. The lowest BCUT2D eigenvalue weighted by Crippen LogP contribution is -2.42. The molecule has 134 valence electrons. The van der Waals surface area contributed by atoms with E-state index in [2.05, 4.69) is 19.9 Å². The molecule has 8 nitrogen and oxygen atoms in total. The number of hydrogen-bond donors (Lipinski definition) is 1. The van der Waals surface area contributed by atoms with E-state index in [4.69, 9.17) is 9.47 Å². The van der Waals surface area contributed by atoms with Crippen LogP contribution in [0.1, 0.15) is 17.5 Å². The van der Waals surface area contributed by atoms with Crippen LogP contribution in [0.2, 0.25) is 0 Å². The molecule has 1 aromatic carbocycles. The predicted molar refractivity (Wildman–Crippen MR) is 88.5 cm³/mol. The minimum absolute atomic E-state index is 0.117. The Morgan fingerprint density at radius 3 is 3.15 bits per heavy atom. The molecule has 1 N–H and O–H groups in total. The van der Waals surface area contributed by atoms with Crippen LogP contribution in [0.25, 0.3) is 11.2 Å². The van der Waals surface area contributed by atoms with Gasteiger partial charge in [0.05, 0.1) is 19.3 Å². The summed E-state index contributed by atoms with van der Waals surface area (Å²) < 4.78 is 24.6.